The lowest BCUT2D eigenvalue weighted by molar-refractivity contribution is -0.116. The van der Waals surface area contributed by atoms with Crippen LogP contribution in [0.1, 0.15) is 43.6 Å². The highest BCUT2D eigenvalue weighted by atomic mass is 32.1. The van der Waals surface area contributed by atoms with Crippen molar-refractivity contribution in [2.75, 3.05) is 5.32 Å². The fraction of sp³-hybridized carbons (Fsp3) is 0.238. The third kappa shape index (κ3) is 3.80. The predicted octanol–water partition coefficient (Wildman–Crippen LogP) is 5.17. The highest BCUT2D eigenvalue weighted by Crippen LogP contribution is 2.26. The van der Waals surface area contributed by atoms with Gasteiger partial charge in [0.25, 0.3) is 0 Å². The molecule has 27 heavy (non-hydrogen) atoms. The average molecular weight is 379 g/mol. The molecule has 4 rings (SSSR count). The van der Waals surface area contributed by atoms with E-state index in [1.165, 1.54) is 0 Å². The first-order valence-corrected chi connectivity index (χ1v) is 9.98. The Morgan fingerprint density at radius 1 is 1.26 bits per heavy atom. The lowest BCUT2D eigenvalue weighted by atomic mass is 10.1. The van der Waals surface area contributed by atoms with Gasteiger partial charge in [-0.15, -0.1) is 0 Å². The number of anilines is 1. The summed E-state index contributed by atoms with van der Waals surface area (Å²) in [6.07, 6.45) is 4.38. The molecule has 2 N–H and O–H groups in total. The molecule has 1 aromatic carbocycles. The van der Waals surface area contributed by atoms with Gasteiger partial charge in [0.1, 0.15) is 5.82 Å². The molecule has 0 aliphatic carbocycles. The van der Waals surface area contributed by atoms with Crippen molar-refractivity contribution >= 4 is 34.0 Å². The number of carbonyl (C=O) groups excluding carboxylic acids is 1. The molecule has 6 heteroatoms. The SMILES string of the molecule is CC(C)c1nc2ccc(NC(=O)C[C@H](c3ccsc3)n3cccc3)cc2[nH]1. The van der Waals surface area contributed by atoms with Gasteiger partial charge in [-0.05, 0) is 52.7 Å². The Bertz CT molecular complexity index is 997. The number of nitrogens with zero attached hydrogens (tertiary/aromatic N) is 2. The molecule has 1 atom stereocenters. The third-order valence-electron chi connectivity index (χ3n) is 4.62. The molecule has 0 radical (unpaired) electrons. The number of H-pyrrole nitrogens is 1. The molecule has 138 valence electrons. The minimum atomic E-state index is -0.0113. The van der Waals surface area contributed by atoms with Gasteiger partial charge in [0.15, 0.2) is 0 Å². The molecule has 0 saturated heterocycles. The zero-order valence-corrected chi connectivity index (χ0v) is 16.2. The molecule has 0 saturated carbocycles. The van der Waals surface area contributed by atoms with Crippen molar-refractivity contribution in [2.24, 2.45) is 0 Å². The molecule has 3 aromatic heterocycles. The minimum Gasteiger partial charge on any atom is -0.346 e. The Labute approximate surface area is 162 Å². The van der Waals surface area contributed by atoms with Crippen LogP contribution < -0.4 is 5.32 Å². The monoisotopic (exact) mass is 378 g/mol. The minimum absolute atomic E-state index is 0.00493. The number of rotatable bonds is 6. The van der Waals surface area contributed by atoms with Crippen molar-refractivity contribution in [2.45, 2.75) is 32.2 Å². The van der Waals surface area contributed by atoms with Crippen molar-refractivity contribution < 1.29 is 4.79 Å². The summed E-state index contributed by atoms with van der Waals surface area (Å²) in [4.78, 5) is 20.6. The first-order valence-electron chi connectivity index (χ1n) is 9.04. The van der Waals surface area contributed by atoms with E-state index >= 15 is 0 Å². The second-order valence-electron chi connectivity index (χ2n) is 6.96. The molecular formula is C21H22N4OS. The lowest BCUT2D eigenvalue weighted by Gasteiger charge is -2.18. The number of aromatic nitrogens is 3. The summed E-state index contributed by atoms with van der Waals surface area (Å²) < 4.78 is 2.08. The zero-order chi connectivity index (χ0) is 18.8. The maximum absolute atomic E-state index is 12.7. The zero-order valence-electron chi connectivity index (χ0n) is 15.3. The molecule has 5 nitrogen and oxygen atoms in total. The number of amides is 1. The first kappa shape index (κ1) is 17.5. The Morgan fingerprint density at radius 3 is 2.78 bits per heavy atom. The summed E-state index contributed by atoms with van der Waals surface area (Å²) in [6.45, 7) is 4.21. The van der Waals surface area contributed by atoms with Crippen molar-refractivity contribution in [3.8, 4) is 0 Å². The van der Waals surface area contributed by atoms with Crippen molar-refractivity contribution in [1.82, 2.24) is 14.5 Å². The number of thiophene rings is 1. The topological polar surface area (TPSA) is 62.7 Å². The normalized spacial score (nSPS) is 12.6. The molecule has 1 amide bonds. The van der Waals surface area contributed by atoms with Crippen LogP contribution in [0.4, 0.5) is 5.69 Å². The van der Waals surface area contributed by atoms with Gasteiger partial charge in [-0.3, -0.25) is 4.79 Å². The van der Waals surface area contributed by atoms with Crippen LogP contribution in [0.5, 0.6) is 0 Å². The summed E-state index contributed by atoms with van der Waals surface area (Å²) in [5.41, 5.74) is 3.79. The van der Waals surface area contributed by atoms with E-state index < -0.39 is 0 Å². The van der Waals surface area contributed by atoms with Crippen molar-refractivity contribution in [3.63, 3.8) is 0 Å². The predicted molar refractivity (Wildman–Crippen MR) is 110 cm³/mol. The van der Waals surface area contributed by atoms with Gasteiger partial charge in [-0.25, -0.2) is 4.98 Å². The van der Waals surface area contributed by atoms with Crippen molar-refractivity contribution in [1.29, 1.82) is 0 Å². The van der Waals surface area contributed by atoms with E-state index in [0.29, 0.717) is 12.3 Å². The van der Waals surface area contributed by atoms with E-state index in [4.69, 9.17) is 0 Å². The second-order valence-corrected chi connectivity index (χ2v) is 7.74. The van der Waals surface area contributed by atoms with Crippen molar-refractivity contribution in [3.05, 3.63) is 70.9 Å². The fourth-order valence-corrected chi connectivity index (χ4v) is 3.89. The van der Waals surface area contributed by atoms with Gasteiger partial charge in [0.2, 0.25) is 5.91 Å². The quantitative estimate of drug-likeness (QED) is 0.486. The van der Waals surface area contributed by atoms with Crippen LogP contribution in [0.2, 0.25) is 0 Å². The largest absolute Gasteiger partial charge is 0.346 e. The maximum atomic E-state index is 12.7. The number of hydrogen-bond donors (Lipinski definition) is 2. The molecular weight excluding hydrogens is 356 g/mol. The highest BCUT2D eigenvalue weighted by molar-refractivity contribution is 7.08. The van der Waals surface area contributed by atoms with Crippen LogP contribution in [0, 0.1) is 0 Å². The van der Waals surface area contributed by atoms with Crippen LogP contribution >= 0.6 is 11.3 Å². The Kier molecular flexibility index (Phi) is 4.81. The number of nitrogens with one attached hydrogen (secondary N) is 2. The molecule has 0 aliphatic heterocycles. The van der Waals surface area contributed by atoms with Crippen LogP contribution in [-0.4, -0.2) is 20.4 Å². The maximum Gasteiger partial charge on any atom is 0.226 e. The van der Waals surface area contributed by atoms with Gasteiger partial charge in [0.05, 0.1) is 23.5 Å². The summed E-state index contributed by atoms with van der Waals surface area (Å²) in [5.74, 6) is 1.28. The molecule has 3 heterocycles. The van der Waals surface area contributed by atoms with Crippen LogP contribution in [0.15, 0.2) is 59.6 Å². The van der Waals surface area contributed by atoms with E-state index in [-0.39, 0.29) is 11.9 Å². The number of imidazole rings is 1. The highest BCUT2D eigenvalue weighted by Gasteiger charge is 2.18. The van der Waals surface area contributed by atoms with Crippen LogP contribution in [-0.2, 0) is 4.79 Å². The third-order valence-corrected chi connectivity index (χ3v) is 5.33. The van der Waals surface area contributed by atoms with Gasteiger partial charge in [-0.2, -0.15) is 11.3 Å². The summed E-state index contributed by atoms with van der Waals surface area (Å²) in [5, 5.41) is 7.17. The average Bonchev–Trinajstić information content (AvgIpc) is 3.40. The van der Waals surface area contributed by atoms with E-state index in [2.05, 4.69) is 45.1 Å². The first-order chi connectivity index (χ1) is 13.1. The van der Waals surface area contributed by atoms with Gasteiger partial charge < -0.3 is 14.9 Å². The van der Waals surface area contributed by atoms with Crippen LogP contribution in [0.3, 0.4) is 0 Å². The summed E-state index contributed by atoms with van der Waals surface area (Å²) in [6, 6.07) is 11.8. The number of hydrogen-bond acceptors (Lipinski definition) is 3. The fourth-order valence-electron chi connectivity index (χ4n) is 3.18. The van der Waals surface area contributed by atoms with E-state index in [0.717, 1.165) is 28.1 Å². The summed E-state index contributed by atoms with van der Waals surface area (Å²) in [7, 11) is 0. The number of aromatic amines is 1. The second kappa shape index (κ2) is 7.40. The standard InChI is InChI=1S/C21H22N4OS/c1-14(2)21-23-17-6-5-16(11-18(17)24-21)22-20(26)12-19(15-7-10-27-13-15)25-8-3-4-9-25/h3-11,13-14,19H,12H2,1-2H3,(H,22,26)(H,23,24)/t19-/m1/s1. The number of fused-ring (bicyclic) bond motifs is 1. The smallest absolute Gasteiger partial charge is 0.226 e. The Balaban J connectivity index is 1.52. The van der Waals surface area contributed by atoms with Gasteiger partial charge in [0, 0.05) is 24.0 Å². The molecule has 4 aromatic rings. The number of benzene rings is 1. The number of carbonyl (C=O) groups is 1. The van der Waals surface area contributed by atoms with Crippen LogP contribution in [0.25, 0.3) is 11.0 Å². The van der Waals surface area contributed by atoms with E-state index in [1.54, 1.807) is 11.3 Å². The molecule has 0 unspecified atom stereocenters. The summed E-state index contributed by atoms with van der Waals surface area (Å²) >= 11 is 1.65. The molecule has 0 spiro atoms. The molecule has 0 aliphatic rings. The van der Waals surface area contributed by atoms with Gasteiger partial charge >= 0.3 is 0 Å². The molecule has 0 fully saturated rings. The van der Waals surface area contributed by atoms with Gasteiger partial charge in [-0.1, -0.05) is 13.8 Å². The Hall–Kier alpha value is -2.86. The lowest BCUT2D eigenvalue weighted by Crippen LogP contribution is -2.19. The Morgan fingerprint density at radius 2 is 2.07 bits per heavy atom. The van der Waals surface area contributed by atoms with E-state index in [9.17, 15) is 4.79 Å². The van der Waals surface area contributed by atoms with E-state index in [1.807, 2.05) is 48.1 Å². The molecule has 0 bridgehead atoms.